The molecule has 3 aromatic rings. The number of hydrogen-bond donors (Lipinski definition) is 2. The predicted molar refractivity (Wildman–Crippen MR) is 111 cm³/mol. The minimum absolute atomic E-state index is 0.191. The van der Waals surface area contributed by atoms with E-state index in [-0.39, 0.29) is 6.03 Å². The van der Waals surface area contributed by atoms with Gasteiger partial charge in [-0.2, -0.15) is 0 Å². The molecule has 0 bridgehead atoms. The quantitative estimate of drug-likeness (QED) is 0.718. The number of nitrogens with zero attached hydrogens (tertiary/aromatic N) is 3. The van der Waals surface area contributed by atoms with Crippen LogP contribution in [0.2, 0.25) is 0 Å². The van der Waals surface area contributed by atoms with Crippen molar-refractivity contribution in [2.24, 2.45) is 0 Å². The number of methoxy groups -OCH3 is 1. The Morgan fingerprint density at radius 2 is 2.00 bits per heavy atom. The lowest BCUT2D eigenvalue weighted by molar-refractivity contribution is 0.0819. The van der Waals surface area contributed by atoms with Crippen molar-refractivity contribution in [2.75, 3.05) is 35.3 Å². The van der Waals surface area contributed by atoms with Gasteiger partial charge in [-0.3, -0.25) is 0 Å². The number of urea groups is 1. The minimum atomic E-state index is -0.191. The monoisotopic (exact) mass is 377 g/mol. The summed E-state index contributed by atoms with van der Waals surface area (Å²) in [4.78, 5) is 24.7. The number of hydrogen-bond acceptors (Lipinski definition) is 4. The molecule has 7 heteroatoms. The smallest absolute Gasteiger partial charge is 0.332 e. The van der Waals surface area contributed by atoms with Crippen molar-refractivity contribution in [1.29, 1.82) is 0 Å². The largest absolute Gasteiger partial charge is 0.381 e. The highest BCUT2D eigenvalue weighted by Crippen LogP contribution is 2.42. The fraction of sp³-hybridized carbons (Fsp3) is 0.333. The molecule has 1 aromatic carbocycles. The molecular formula is C21H23N5O2. The van der Waals surface area contributed by atoms with Crippen LogP contribution in [0.25, 0.3) is 10.9 Å². The van der Waals surface area contributed by atoms with Crippen LogP contribution >= 0.6 is 0 Å². The van der Waals surface area contributed by atoms with Gasteiger partial charge in [-0.25, -0.2) is 14.7 Å². The second-order valence-electron chi connectivity index (χ2n) is 7.42. The van der Waals surface area contributed by atoms with E-state index >= 15 is 0 Å². The van der Waals surface area contributed by atoms with Gasteiger partial charge < -0.3 is 19.9 Å². The number of aryl methyl sites for hydroxylation is 1. The van der Waals surface area contributed by atoms with Gasteiger partial charge in [0.25, 0.3) is 0 Å². The highest BCUT2D eigenvalue weighted by atomic mass is 16.5. The Balaban J connectivity index is 1.48. The average Bonchev–Trinajstić information content (AvgIpc) is 3.14. The summed E-state index contributed by atoms with van der Waals surface area (Å²) in [5.74, 6) is 0.621. The third-order valence-electron chi connectivity index (χ3n) is 5.79. The van der Waals surface area contributed by atoms with Crippen LogP contribution < -0.4 is 15.1 Å². The molecule has 4 heterocycles. The number of amides is 2. The molecule has 0 aliphatic carbocycles. The van der Waals surface area contributed by atoms with Crippen LogP contribution in [0, 0.1) is 6.92 Å². The predicted octanol–water partition coefficient (Wildman–Crippen LogP) is 4.17. The number of carbonyl (C=O) groups excluding carboxylic acids is 1. The number of carbonyl (C=O) groups is 1. The van der Waals surface area contributed by atoms with E-state index in [2.05, 4.69) is 20.2 Å². The van der Waals surface area contributed by atoms with Crippen LogP contribution in [0.1, 0.15) is 18.4 Å². The summed E-state index contributed by atoms with van der Waals surface area (Å²) in [5, 5.41) is 3.98. The summed E-state index contributed by atoms with van der Waals surface area (Å²) in [7, 11) is 1.78. The molecule has 2 aliphatic rings. The van der Waals surface area contributed by atoms with E-state index in [9.17, 15) is 4.79 Å². The Kier molecular flexibility index (Phi) is 3.98. The van der Waals surface area contributed by atoms with Gasteiger partial charge in [-0.05, 0) is 43.5 Å². The number of H-pyrrole nitrogens is 1. The lowest BCUT2D eigenvalue weighted by Gasteiger charge is -2.33. The SMILES string of the molecule is COC1CCN(c2ccc(N3C(=O)Nc4c[nH]c5ccc(C)c3c45)nc2)CC1. The number of benzene rings is 1. The van der Waals surface area contributed by atoms with Crippen molar-refractivity contribution in [3.05, 3.63) is 42.2 Å². The number of anilines is 4. The fourth-order valence-corrected chi connectivity index (χ4v) is 4.24. The van der Waals surface area contributed by atoms with Crippen LogP contribution in [0.3, 0.4) is 0 Å². The molecule has 144 valence electrons. The van der Waals surface area contributed by atoms with E-state index in [1.807, 2.05) is 43.6 Å². The van der Waals surface area contributed by atoms with Crippen molar-refractivity contribution >= 4 is 39.8 Å². The molecule has 0 radical (unpaired) electrons. The topological polar surface area (TPSA) is 73.5 Å². The summed E-state index contributed by atoms with van der Waals surface area (Å²) in [6, 6.07) is 7.84. The van der Waals surface area contributed by atoms with Crippen molar-refractivity contribution in [2.45, 2.75) is 25.9 Å². The molecule has 2 N–H and O–H groups in total. The number of aromatic amines is 1. The van der Waals surface area contributed by atoms with Gasteiger partial charge in [0.2, 0.25) is 0 Å². The highest BCUT2D eigenvalue weighted by molar-refractivity contribution is 6.21. The average molecular weight is 377 g/mol. The van der Waals surface area contributed by atoms with Crippen LogP contribution in [-0.2, 0) is 4.74 Å². The van der Waals surface area contributed by atoms with Crippen molar-refractivity contribution < 1.29 is 9.53 Å². The van der Waals surface area contributed by atoms with Gasteiger partial charge in [-0.1, -0.05) is 6.07 Å². The molecule has 0 saturated carbocycles. The maximum absolute atomic E-state index is 12.8. The first kappa shape index (κ1) is 17.1. The van der Waals surface area contributed by atoms with E-state index in [0.29, 0.717) is 11.9 Å². The van der Waals surface area contributed by atoms with Crippen LogP contribution in [0.4, 0.5) is 27.7 Å². The minimum Gasteiger partial charge on any atom is -0.381 e. The first-order valence-corrected chi connectivity index (χ1v) is 9.61. The number of rotatable bonds is 3. The molecule has 2 aliphatic heterocycles. The highest BCUT2D eigenvalue weighted by Gasteiger charge is 2.30. The Bertz CT molecular complexity index is 1030. The summed E-state index contributed by atoms with van der Waals surface area (Å²) < 4.78 is 5.45. The Labute approximate surface area is 163 Å². The zero-order valence-electron chi connectivity index (χ0n) is 16.0. The third-order valence-corrected chi connectivity index (χ3v) is 5.79. The molecule has 1 saturated heterocycles. The maximum atomic E-state index is 12.8. The molecule has 2 aromatic heterocycles. The molecule has 0 spiro atoms. The zero-order valence-corrected chi connectivity index (χ0v) is 16.0. The van der Waals surface area contributed by atoms with Gasteiger partial charge in [-0.15, -0.1) is 0 Å². The van der Waals surface area contributed by atoms with Gasteiger partial charge >= 0.3 is 6.03 Å². The Hall–Kier alpha value is -3.06. The Morgan fingerprint density at radius 3 is 2.71 bits per heavy atom. The van der Waals surface area contributed by atoms with E-state index in [4.69, 9.17) is 4.74 Å². The van der Waals surface area contributed by atoms with Crippen LogP contribution in [0.15, 0.2) is 36.7 Å². The first-order valence-electron chi connectivity index (χ1n) is 9.61. The first-order chi connectivity index (χ1) is 13.7. The van der Waals surface area contributed by atoms with Crippen molar-refractivity contribution in [1.82, 2.24) is 9.97 Å². The van der Waals surface area contributed by atoms with Gasteiger partial charge in [0, 0.05) is 37.3 Å². The zero-order chi connectivity index (χ0) is 19.3. The van der Waals surface area contributed by atoms with E-state index in [0.717, 1.165) is 59.5 Å². The molecule has 2 amide bonds. The number of pyridine rings is 1. The second-order valence-corrected chi connectivity index (χ2v) is 7.42. The molecule has 28 heavy (non-hydrogen) atoms. The standard InChI is InChI=1S/C21H23N5O2/c1-13-3-5-16-19-17(12-22-16)24-21(27)26(20(13)19)18-6-4-14(11-23-18)25-9-7-15(28-2)8-10-25/h3-6,11-12,15,22H,7-10H2,1-2H3,(H,24,27). The number of piperidine rings is 1. The molecule has 0 unspecified atom stereocenters. The van der Waals surface area contributed by atoms with Gasteiger partial charge in [0.1, 0.15) is 5.82 Å². The normalized spacial score (nSPS) is 17.3. The van der Waals surface area contributed by atoms with Gasteiger partial charge in [0.15, 0.2) is 0 Å². The summed E-state index contributed by atoms with van der Waals surface area (Å²) in [5.41, 5.74) is 4.81. The lowest BCUT2D eigenvalue weighted by Crippen LogP contribution is -2.37. The lowest BCUT2D eigenvalue weighted by atomic mass is 10.1. The van der Waals surface area contributed by atoms with Crippen molar-refractivity contribution in [3.63, 3.8) is 0 Å². The van der Waals surface area contributed by atoms with Crippen LogP contribution in [0.5, 0.6) is 0 Å². The van der Waals surface area contributed by atoms with Crippen molar-refractivity contribution in [3.8, 4) is 0 Å². The summed E-state index contributed by atoms with van der Waals surface area (Å²) in [6.45, 7) is 3.93. The molecular weight excluding hydrogens is 354 g/mol. The third kappa shape index (κ3) is 2.62. The molecule has 7 nitrogen and oxygen atoms in total. The maximum Gasteiger partial charge on any atom is 0.332 e. The number of ether oxygens (including phenoxy) is 1. The Morgan fingerprint density at radius 1 is 1.18 bits per heavy atom. The number of aromatic nitrogens is 2. The van der Waals surface area contributed by atoms with E-state index in [1.165, 1.54) is 0 Å². The van der Waals surface area contributed by atoms with E-state index < -0.39 is 0 Å². The van der Waals surface area contributed by atoms with Gasteiger partial charge in [0.05, 0.1) is 29.4 Å². The molecule has 0 atom stereocenters. The molecule has 1 fully saturated rings. The number of nitrogens with one attached hydrogen (secondary N) is 2. The summed E-state index contributed by atoms with van der Waals surface area (Å²) in [6.07, 6.45) is 6.08. The second kappa shape index (κ2) is 6.53. The fourth-order valence-electron chi connectivity index (χ4n) is 4.24. The van der Waals surface area contributed by atoms with E-state index in [1.54, 1.807) is 12.0 Å². The molecule has 5 rings (SSSR count). The summed E-state index contributed by atoms with van der Waals surface area (Å²) >= 11 is 0. The van der Waals surface area contributed by atoms with Crippen LogP contribution in [-0.4, -0.2) is 42.3 Å².